The summed E-state index contributed by atoms with van der Waals surface area (Å²) < 4.78 is 32.7. The summed E-state index contributed by atoms with van der Waals surface area (Å²) in [5.74, 6) is 0.241. The average Bonchev–Trinajstić information content (AvgIpc) is 2.73. The molecule has 2 N–H and O–H groups in total. The second-order valence-electron chi connectivity index (χ2n) is 6.10. The number of anilines is 2. The van der Waals surface area contributed by atoms with E-state index in [2.05, 4.69) is 10.0 Å². The molecule has 0 spiro atoms. The molecule has 0 aromatic heterocycles. The molecule has 0 heterocycles. The van der Waals surface area contributed by atoms with Crippen molar-refractivity contribution in [2.24, 2.45) is 0 Å². The number of methoxy groups -OCH3 is 1. The van der Waals surface area contributed by atoms with Crippen LogP contribution in [-0.4, -0.2) is 21.4 Å². The van der Waals surface area contributed by atoms with Crippen LogP contribution in [0.4, 0.5) is 11.4 Å². The van der Waals surface area contributed by atoms with Crippen LogP contribution in [0.2, 0.25) is 0 Å². The van der Waals surface area contributed by atoms with E-state index in [1.54, 1.807) is 30.3 Å². The first-order chi connectivity index (χ1) is 14.0. The SMILES string of the molecule is COc1cccc(NS(=O)(=O)c2ccc(NC(=O)/C=C/c3ccccc3)cc2)c1. The quantitative estimate of drug-likeness (QED) is 0.575. The molecule has 0 saturated heterocycles. The fourth-order valence-electron chi connectivity index (χ4n) is 2.54. The van der Waals surface area contributed by atoms with Crippen molar-refractivity contribution in [3.63, 3.8) is 0 Å². The van der Waals surface area contributed by atoms with Crippen LogP contribution in [0.1, 0.15) is 5.56 Å². The molecule has 0 unspecified atom stereocenters. The summed E-state index contributed by atoms with van der Waals surface area (Å²) in [7, 11) is -2.25. The molecule has 6 nitrogen and oxygen atoms in total. The van der Waals surface area contributed by atoms with E-state index < -0.39 is 10.0 Å². The summed E-state index contributed by atoms with van der Waals surface area (Å²) >= 11 is 0. The van der Waals surface area contributed by atoms with Gasteiger partial charge in [0.25, 0.3) is 10.0 Å². The number of sulfonamides is 1. The third kappa shape index (κ3) is 5.70. The summed E-state index contributed by atoms with van der Waals surface area (Å²) in [5.41, 5.74) is 1.80. The van der Waals surface area contributed by atoms with Gasteiger partial charge in [-0.25, -0.2) is 8.42 Å². The molecule has 3 aromatic carbocycles. The standard InChI is InChI=1S/C22H20N2O4S/c1-28-20-9-5-8-19(16-20)24-29(26,27)21-13-11-18(12-14-21)23-22(25)15-10-17-6-3-2-4-7-17/h2-16,24H,1H3,(H,23,25)/b15-10+. The van der Waals surface area contributed by atoms with E-state index in [-0.39, 0.29) is 10.8 Å². The van der Waals surface area contributed by atoms with Crippen molar-refractivity contribution < 1.29 is 17.9 Å². The zero-order valence-corrected chi connectivity index (χ0v) is 16.5. The highest BCUT2D eigenvalue weighted by molar-refractivity contribution is 7.92. The predicted octanol–water partition coefficient (Wildman–Crippen LogP) is 4.15. The van der Waals surface area contributed by atoms with E-state index in [1.165, 1.54) is 37.5 Å². The van der Waals surface area contributed by atoms with Crippen LogP contribution in [0, 0.1) is 0 Å². The van der Waals surface area contributed by atoms with Crippen LogP contribution in [0.15, 0.2) is 89.8 Å². The third-order valence-corrected chi connectivity index (χ3v) is 5.38. The number of amides is 1. The molecule has 3 rings (SSSR count). The van der Waals surface area contributed by atoms with Gasteiger partial charge < -0.3 is 10.1 Å². The molecule has 0 atom stereocenters. The Bertz CT molecular complexity index is 1110. The Morgan fingerprint density at radius 2 is 1.62 bits per heavy atom. The van der Waals surface area contributed by atoms with Gasteiger partial charge in [-0.15, -0.1) is 0 Å². The van der Waals surface area contributed by atoms with E-state index in [0.29, 0.717) is 17.1 Å². The Morgan fingerprint density at radius 1 is 0.897 bits per heavy atom. The second-order valence-corrected chi connectivity index (χ2v) is 7.78. The van der Waals surface area contributed by atoms with Crippen molar-refractivity contribution in [2.75, 3.05) is 17.1 Å². The van der Waals surface area contributed by atoms with Gasteiger partial charge in [-0.05, 0) is 48.0 Å². The highest BCUT2D eigenvalue weighted by Gasteiger charge is 2.14. The fraction of sp³-hybridized carbons (Fsp3) is 0.0455. The number of carbonyl (C=O) groups excluding carboxylic acids is 1. The fourth-order valence-corrected chi connectivity index (χ4v) is 3.59. The second kappa shape index (κ2) is 9.07. The summed E-state index contributed by atoms with van der Waals surface area (Å²) in [6, 6.07) is 22.0. The summed E-state index contributed by atoms with van der Waals surface area (Å²) in [5, 5.41) is 2.70. The molecule has 148 valence electrons. The molecular formula is C22H20N2O4S. The van der Waals surface area contributed by atoms with Gasteiger partial charge in [0.15, 0.2) is 0 Å². The van der Waals surface area contributed by atoms with E-state index in [0.717, 1.165) is 5.56 Å². The van der Waals surface area contributed by atoms with Crippen LogP contribution < -0.4 is 14.8 Å². The lowest BCUT2D eigenvalue weighted by atomic mass is 10.2. The smallest absolute Gasteiger partial charge is 0.261 e. The summed E-state index contributed by atoms with van der Waals surface area (Å²) in [4.78, 5) is 12.1. The van der Waals surface area contributed by atoms with Gasteiger partial charge in [0, 0.05) is 17.8 Å². The zero-order valence-electron chi connectivity index (χ0n) is 15.7. The van der Waals surface area contributed by atoms with Crippen LogP contribution >= 0.6 is 0 Å². The molecule has 0 radical (unpaired) electrons. The highest BCUT2D eigenvalue weighted by Crippen LogP contribution is 2.21. The lowest BCUT2D eigenvalue weighted by molar-refractivity contribution is -0.111. The van der Waals surface area contributed by atoms with Crippen LogP contribution in [0.5, 0.6) is 5.75 Å². The Hall–Kier alpha value is -3.58. The Kier molecular flexibility index (Phi) is 6.31. The zero-order chi connectivity index (χ0) is 20.7. The van der Waals surface area contributed by atoms with Gasteiger partial charge in [-0.1, -0.05) is 36.4 Å². The van der Waals surface area contributed by atoms with Gasteiger partial charge >= 0.3 is 0 Å². The summed E-state index contributed by atoms with van der Waals surface area (Å²) in [6.07, 6.45) is 3.12. The predicted molar refractivity (Wildman–Crippen MR) is 114 cm³/mol. The number of carbonyl (C=O) groups is 1. The first-order valence-corrected chi connectivity index (χ1v) is 10.3. The maximum atomic E-state index is 12.5. The molecule has 7 heteroatoms. The topological polar surface area (TPSA) is 84.5 Å². The van der Waals surface area contributed by atoms with Gasteiger partial charge in [0.05, 0.1) is 17.7 Å². The number of ether oxygens (including phenoxy) is 1. The maximum Gasteiger partial charge on any atom is 0.261 e. The first-order valence-electron chi connectivity index (χ1n) is 8.77. The molecule has 29 heavy (non-hydrogen) atoms. The minimum absolute atomic E-state index is 0.0816. The van der Waals surface area contributed by atoms with E-state index in [1.807, 2.05) is 30.3 Å². The minimum atomic E-state index is -3.76. The van der Waals surface area contributed by atoms with Crippen molar-refractivity contribution in [2.45, 2.75) is 4.90 Å². The number of hydrogen-bond acceptors (Lipinski definition) is 4. The van der Waals surface area contributed by atoms with E-state index in [9.17, 15) is 13.2 Å². The Labute approximate surface area is 169 Å². The molecule has 1 amide bonds. The van der Waals surface area contributed by atoms with Gasteiger partial charge in [-0.3, -0.25) is 9.52 Å². The molecule has 0 bridgehead atoms. The normalized spacial score (nSPS) is 11.2. The molecular weight excluding hydrogens is 388 g/mol. The van der Waals surface area contributed by atoms with Crippen molar-refractivity contribution >= 4 is 33.4 Å². The number of nitrogens with one attached hydrogen (secondary N) is 2. The molecule has 0 saturated carbocycles. The Morgan fingerprint density at radius 3 is 2.31 bits per heavy atom. The molecule has 3 aromatic rings. The molecule has 0 aliphatic heterocycles. The van der Waals surface area contributed by atoms with Crippen molar-refractivity contribution in [3.05, 3.63) is 90.5 Å². The lowest BCUT2D eigenvalue weighted by Gasteiger charge is -2.10. The van der Waals surface area contributed by atoms with Gasteiger partial charge in [0.1, 0.15) is 5.75 Å². The Balaban J connectivity index is 1.65. The van der Waals surface area contributed by atoms with Crippen molar-refractivity contribution in [1.82, 2.24) is 0 Å². The van der Waals surface area contributed by atoms with Crippen molar-refractivity contribution in [1.29, 1.82) is 0 Å². The number of rotatable bonds is 7. The van der Waals surface area contributed by atoms with Gasteiger partial charge in [0.2, 0.25) is 5.91 Å². The van der Waals surface area contributed by atoms with Crippen LogP contribution in [-0.2, 0) is 14.8 Å². The molecule has 0 aliphatic rings. The number of benzene rings is 3. The first kappa shape index (κ1) is 20.2. The van der Waals surface area contributed by atoms with E-state index in [4.69, 9.17) is 4.74 Å². The maximum absolute atomic E-state index is 12.5. The lowest BCUT2D eigenvalue weighted by Crippen LogP contribution is -2.13. The summed E-state index contributed by atoms with van der Waals surface area (Å²) in [6.45, 7) is 0. The van der Waals surface area contributed by atoms with Crippen LogP contribution in [0.3, 0.4) is 0 Å². The average molecular weight is 408 g/mol. The monoisotopic (exact) mass is 408 g/mol. The molecule has 0 aliphatic carbocycles. The third-order valence-electron chi connectivity index (χ3n) is 3.98. The molecule has 0 fully saturated rings. The largest absolute Gasteiger partial charge is 0.497 e. The van der Waals surface area contributed by atoms with Crippen molar-refractivity contribution in [3.8, 4) is 5.75 Å². The highest BCUT2D eigenvalue weighted by atomic mass is 32.2. The van der Waals surface area contributed by atoms with E-state index >= 15 is 0 Å². The number of hydrogen-bond donors (Lipinski definition) is 2. The van der Waals surface area contributed by atoms with Crippen LogP contribution in [0.25, 0.3) is 6.08 Å². The minimum Gasteiger partial charge on any atom is -0.497 e. The van der Waals surface area contributed by atoms with Gasteiger partial charge in [-0.2, -0.15) is 0 Å².